The standard InChI is InChI=1S/C21H28N2O2S/c1-14(16-8-10-17(11-9-16)21(3,4)5)22-20(25)13-18(23-15(2)24)19-7-6-12-26-19/h6-12,14,18H,13H2,1-5H3,(H,22,25)(H,23,24)/t14-,18+/m1/s1. The van der Waals surface area contributed by atoms with Crippen LogP contribution in [0.25, 0.3) is 0 Å². The second-order valence-corrected chi connectivity index (χ2v) is 8.61. The van der Waals surface area contributed by atoms with E-state index in [0.29, 0.717) is 0 Å². The molecule has 1 aromatic heterocycles. The minimum absolute atomic E-state index is 0.0791. The number of amides is 2. The predicted molar refractivity (Wildman–Crippen MR) is 107 cm³/mol. The maximum atomic E-state index is 12.5. The average Bonchev–Trinajstić information content (AvgIpc) is 3.07. The molecule has 0 aliphatic carbocycles. The van der Waals surface area contributed by atoms with Gasteiger partial charge in [-0.25, -0.2) is 0 Å². The molecule has 1 aromatic carbocycles. The lowest BCUT2D eigenvalue weighted by Crippen LogP contribution is -2.33. The van der Waals surface area contributed by atoms with Crippen LogP contribution < -0.4 is 10.6 Å². The summed E-state index contributed by atoms with van der Waals surface area (Å²) in [7, 11) is 0. The van der Waals surface area contributed by atoms with E-state index in [1.807, 2.05) is 24.4 Å². The molecular formula is C21H28N2O2S. The van der Waals surface area contributed by atoms with Crippen LogP contribution in [0.4, 0.5) is 0 Å². The first kappa shape index (κ1) is 20.2. The van der Waals surface area contributed by atoms with Crippen LogP contribution in [-0.2, 0) is 15.0 Å². The third-order valence-electron chi connectivity index (χ3n) is 4.31. The Hall–Kier alpha value is -2.14. The van der Waals surface area contributed by atoms with Crippen molar-refractivity contribution < 1.29 is 9.59 Å². The second-order valence-electron chi connectivity index (χ2n) is 7.63. The van der Waals surface area contributed by atoms with Crippen LogP contribution in [0.15, 0.2) is 41.8 Å². The fraction of sp³-hybridized carbons (Fsp3) is 0.429. The molecule has 0 unspecified atom stereocenters. The molecule has 0 saturated carbocycles. The molecule has 2 atom stereocenters. The Labute approximate surface area is 160 Å². The highest BCUT2D eigenvalue weighted by Crippen LogP contribution is 2.25. The number of carbonyl (C=O) groups is 2. The molecule has 4 nitrogen and oxygen atoms in total. The van der Waals surface area contributed by atoms with Crippen LogP contribution >= 0.6 is 11.3 Å². The van der Waals surface area contributed by atoms with E-state index in [0.717, 1.165) is 10.4 Å². The first-order valence-corrected chi connectivity index (χ1v) is 9.75. The molecule has 2 amide bonds. The van der Waals surface area contributed by atoms with E-state index in [2.05, 4.69) is 55.7 Å². The van der Waals surface area contributed by atoms with Crippen LogP contribution in [0.1, 0.15) is 69.1 Å². The van der Waals surface area contributed by atoms with Crippen molar-refractivity contribution in [3.63, 3.8) is 0 Å². The smallest absolute Gasteiger partial charge is 0.222 e. The monoisotopic (exact) mass is 372 g/mol. The van der Waals surface area contributed by atoms with Gasteiger partial charge in [0.05, 0.1) is 18.5 Å². The first-order chi connectivity index (χ1) is 12.2. The second kappa shape index (κ2) is 8.49. The van der Waals surface area contributed by atoms with Gasteiger partial charge in [0.15, 0.2) is 0 Å². The van der Waals surface area contributed by atoms with Crippen LogP contribution in [0.5, 0.6) is 0 Å². The van der Waals surface area contributed by atoms with E-state index >= 15 is 0 Å². The van der Waals surface area contributed by atoms with E-state index in [-0.39, 0.29) is 35.7 Å². The molecule has 0 bridgehead atoms. The number of nitrogens with one attached hydrogen (secondary N) is 2. The summed E-state index contributed by atoms with van der Waals surface area (Å²) in [6.07, 6.45) is 0.227. The molecule has 140 valence electrons. The van der Waals surface area contributed by atoms with Crippen molar-refractivity contribution >= 4 is 23.2 Å². The van der Waals surface area contributed by atoms with Crippen molar-refractivity contribution in [2.24, 2.45) is 0 Å². The molecule has 2 aromatic rings. The maximum absolute atomic E-state index is 12.5. The number of hydrogen-bond donors (Lipinski definition) is 2. The van der Waals surface area contributed by atoms with E-state index < -0.39 is 0 Å². The third-order valence-corrected chi connectivity index (χ3v) is 5.29. The summed E-state index contributed by atoms with van der Waals surface area (Å²) in [5, 5.41) is 7.84. The van der Waals surface area contributed by atoms with E-state index in [9.17, 15) is 9.59 Å². The third kappa shape index (κ3) is 5.70. The molecule has 0 aliphatic heterocycles. The van der Waals surface area contributed by atoms with Crippen molar-refractivity contribution in [2.45, 2.75) is 58.5 Å². The molecule has 0 spiro atoms. The minimum atomic E-state index is -0.289. The van der Waals surface area contributed by atoms with Crippen LogP contribution in [-0.4, -0.2) is 11.8 Å². The van der Waals surface area contributed by atoms with Gasteiger partial charge in [0.2, 0.25) is 11.8 Å². The van der Waals surface area contributed by atoms with Gasteiger partial charge < -0.3 is 10.6 Å². The quantitative estimate of drug-likeness (QED) is 0.785. The Bertz CT molecular complexity index is 730. The first-order valence-electron chi connectivity index (χ1n) is 8.87. The Balaban J connectivity index is 2.00. The molecule has 1 heterocycles. The maximum Gasteiger partial charge on any atom is 0.222 e. The largest absolute Gasteiger partial charge is 0.350 e. The lowest BCUT2D eigenvalue weighted by molar-refractivity contribution is -0.123. The predicted octanol–water partition coefficient (Wildman–Crippen LogP) is 4.49. The summed E-state index contributed by atoms with van der Waals surface area (Å²) >= 11 is 1.54. The molecule has 2 rings (SSSR count). The van der Waals surface area contributed by atoms with Crippen molar-refractivity contribution in [2.75, 3.05) is 0 Å². The van der Waals surface area contributed by atoms with Gasteiger partial charge in [-0.15, -0.1) is 11.3 Å². The average molecular weight is 373 g/mol. The number of carbonyl (C=O) groups excluding carboxylic acids is 2. The van der Waals surface area contributed by atoms with Crippen LogP contribution in [0.2, 0.25) is 0 Å². The van der Waals surface area contributed by atoms with Crippen LogP contribution in [0.3, 0.4) is 0 Å². The lowest BCUT2D eigenvalue weighted by Gasteiger charge is -2.21. The topological polar surface area (TPSA) is 58.2 Å². The summed E-state index contributed by atoms with van der Waals surface area (Å²) in [5.41, 5.74) is 2.44. The zero-order valence-electron chi connectivity index (χ0n) is 16.1. The number of thiophene rings is 1. The molecule has 2 N–H and O–H groups in total. The van der Waals surface area contributed by atoms with E-state index in [4.69, 9.17) is 0 Å². The van der Waals surface area contributed by atoms with Gasteiger partial charge in [-0.05, 0) is 34.9 Å². The van der Waals surface area contributed by atoms with Crippen molar-refractivity contribution in [3.8, 4) is 0 Å². The Morgan fingerprint density at radius 1 is 1.08 bits per heavy atom. The highest BCUT2D eigenvalue weighted by molar-refractivity contribution is 7.10. The fourth-order valence-electron chi connectivity index (χ4n) is 2.80. The summed E-state index contributed by atoms with van der Waals surface area (Å²) in [6.45, 7) is 9.99. The molecule has 0 fully saturated rings. The number of hydrogen-bond acceptors (Lipinski definition) is 3. The highest BCUT2D eigenvalue weighted by Gasteiger charge is 2.20. The Morgan fingerprint density at radius 2 is 1.73 bits per heavy atom. The normalized spacial score (nSPS) is 13.7. The lowest BCUT2D eigenvalue weighted by atomic mass is 9.86. The van der Waals surface area contributed by atoms with Crippen LogP contribution in [0, 0.1) is 0 Å². The van der Waals surface area contributed by atoms with Gasteiger partial charge in [0.1, 0.15) is 0 Å². The Morgan fingerprint density at radius 3 is 2.23 bits per heavy atom. The summed E-state index contributed by atoms with van der Waals surface area (Å²) in [4.78, 5) is 24.9. The van der Waals surface area contributed by atoms with Crippen molar-refractivity contribution in [1.29, 1.82) is 0 Å². The van der Waals surface area contributed by atoms with Gasteiger partial charge in [-0.3, -0.25) is 9.59 Å². The molecule has 0 aliphatic rings. The highest BCUT2D eigenvalue weighted by atomic mass is 32.1. The zero-order chi connectivity index (χ0) is 19.3. The van der Waals surface area contributed by atoms with Gasteiger partial charge in [-0.2, -0.15) is 0 Å². The Kier molecular flexibility index (Phi) is 6.59. The summed E-state index contributed by atoms with van der Waals surface area (Å²) in [5.74, 6) is -0.216. The van der Waals surface area contributed by atoms with Crippen molar-refractivity contribution in [1.82, 2.24) is 10.6 Å². The van der Waals surface area contributed by atoms with E-state index in [1.165, 1.54) is 23.8 Å². The van der Waals surface area contributed by atoms with Crippen molar-refractivity contribution in [3.05, 3.63) is 57.8 Å². The zero-order valence-corrected chi connectivity index (χ0v) is 16.9. The van der Waals surface area contributed by atoms with Gasteiger partial charge in [0, 0.05) is 11.8 Å². The van der Waals surface area contributed by atoms with E-state index in [1.54, 1.807) is 0 Å². The van der Waals surface area contributed by atoms with Gasteiger partial charge >= 0.3 is 0 Å². The summed E-state index contributed by atoms with van der Waals surface area (Å²) in [6, 6.07) is 11.8. The number of rotatable bonds is 6. The minimum Gasteiger partial charge on any atom is -0.350 e. The molecular weight excluding hydrogens is 344 g/mol. The molecule has 0 saturated heterocycles. The van der Waals surface area contributed by atoms with Gasteiger partial charge in [0.25, 0.3) is 0 Å². The molecule has 5 heteroatoms. The van der Waals surface area contributed by atoms with Gasteiger partial charge in [-0.1, -0.05) is 51.1 Å². The summed E-state index contributed by atoms with van der Waals surface area (Å²) < 4.78 is 0. The number of benzene rings is 1. The fourth-order valence-corrected chi connectivity index (χ4v) is 3.58. The molecule has 26 heavy (non-hydrogen) atoms. The molecule has 0 radical (unpaired) electrons. The SMILES string of the molecule is CC(=O)N[C@@H](CC(=O)N[C@H](C)c1ccc(C(C)(C)C)cc1)c1cccs1.